The minimum absolute atomic E-state index is 0.0339. The number of carbonyl (C=O) groups is 2. The van der Waals surface area contributed by atoms with Crippen molar-refractivity contribution in [3.05, 3.63) is 33.8 Å². The number of aromatic hydroxyl groups is 1. The largest absolute Gasteiger partial charge is 0.477 e. The van der Waals surface area contributed by atoms with Gasteiger partial charge in [0.15, 0.2) is 0 Å². The van der Waals surface area contributed by atoms with Gasteiger partial charge in [-0.2, -0.15) is 4.57 Å². The molecule has 11 heteroatoms. The van der Waals surface area contributed by atoms with Crippen LogP contribution in [0.25, 0.3) is 11.7 Å². The minimum Gasteiger partial charge on any atom is -0.477 e. The highest BCUT2D eigenvalue weighted by Gasteiger charge is 2.34. The number of hydrogen-bond acceptors (Lipinski definition) is 6. The third kappa shape index (κ3) is 4.64. The van der Waals surface area contributed by atoms with Gasteiger partial charge in [0.25, 0.3) is 5.91 Å². The van der Waals surface area contributed by atoms with E-state index < -0.39 is 23.4 Å². The molecule has 2 amide bonds. The number of aliphatic hydroxyl groups is 1. The number of nitrogens with zero attached hydrogens (tertiary/aromatic N) is 3. The van der Waals surface area contributed by atoms with Crippen molar-refractivity contribution >= 4 is 23.5 Å². The summed E-state index contributed by atoms with van der Waals surface area (Å²) in [5, 5.41) is 26.1. The molecule has 0 radical (unpaired) electrons. The summed E-state index contributed by atoms with van der Waals surface area (Å²) < 4.78 is 8.04. The molecule has 0 aromatic carbocycles. The zero-order chi connectivity index (χ0) is 23.7. The number of aromatic nitrogens is 3. The fourth-order valence-corrected chi connectivity index (χ4v) is 3.96. The van der Waals surface area contributed by atoms with E-state index in [0.29, 0.717) is 30.9 Å². The van der Waals surface area contributed by atoms with Crippen LogP contribution in [0, 0.1) is 5.92 Å². The van der Waals surface area contributed by atoms with Crippen molar-refractivity contribution in [1.29, 1.82) is 0 Å². The molecule has 1 aliphatic carbocycles. The molecule has 178 valence electrons. The van der Waals surface area contributed by atoms with Crippen molar-refractivity contribution in [2.24, 2.45) is 5.92 Å². The van der Waals surface area contributed by atoms with Crippen LogP contribution in [-0.2, 0) is 16.1 Å². The van der Waals surface area contributed by atoms with Gasteiger partial charge in [-0.3, -0.25) is 9.59 Å². The maximum absolute atomic E-state index is 13.1. The SMILES string of the molecule is CC(C)C[n+]1c(O)c(C(=O)NC2CC2)c(=O)n2[nH]cc(/C=C/C(=O)N3CCOC[C@@H]3CO)c21. The third-order valence-electron chi connectivity index (χ3n) is 5.79. The van der Waals surface area contributed by atoms with Crippen LogP contribution >= 0.6 is 0 Å². The highest BCUT2D eigenvalue weighted by molar-refractivity contribution is 5.96. The summed E-state index contributed by atoms with van der Waals surface area (Å²) in [4.78, 5) is 40.0. The maximum Gasteiger partial charge on any atom is 0.378 e. The number of aliphatic hydroxyl groups excluding tert-OH is 1. The molecule has 11 nitrogen and oxygen atoms in total. The molecule has 2 aliphatic rings. The smallest absolute Gasteiger partial charge is 0.378 e. The van der Waals surface area contributed by atoms with Gasteiger partial charge < -0.3 is 25.2 Å². The van der Waals surface area contributed by atoms with Gasteiger partial charge in [-0.15, -0.1) is 0 Å². The van der Waals surface area contributed by atoms with E-state index >= 15 is 0 Å². The molecule has 1 atom stereocenters. The topological polar surface area (TPSA) is 140 Å². The molecule has 1 saturated heterocycles. The van der Waals surface area contributed by atoms with Gasteiger partial charge >= 0.3 is 17.1 Å². The Morgan fingerprint density at radius 3 is 2.82 bits per heavy atom. The summed E-state index contributed by atoms with van der Waals surface area (Å²) in [5.41, 5.74) is -0.133. The Balaban J connectivity index is 1.74. The Kier molecular flexibility index (Phi) is 6.52. The van der Waals surface area contributed by atoms with Gasteiger partial charge in [-0.25, -0.2) is 9.89 Å². The van der Waals surface area contributed by atoms with Crippen LogP contribution < -0.4 is 15.4 Å². The lowest BCUT2D eigenvalue weighted by Crippen LogP contribution is -2.49. The molecule has 1 saturated carbocycles. The Bertz CT molecular complexity index is 1150. The Morgan fingerprint density at radius 2 is 2.15 bits per heavy atom. The predicted molar refractivity (Wildman–Crippen MR) is 118 cm³/mol. The molecule has 1 aliphatic heterocycles. The van der Waals surface area contributed by atoms with E-state index in [1.165, 1.54) is 15.2 Å². The van der Waals surface area contributed by atoms with Crippen LogP contribution in [0.3, 0.4) is 0 Å². The lowest BCUT2D eigenvalue weighted by molar-refractivity contribution is -0.686. The number of carbonyl (C=O) groups excluding carboxylic acids is 2. The Morgan fingerprint density at radius 1 is 1.39 bits per heavy atom. The second kappa shape index (κ2) is 9.36. The number of hydrogen-bond donors (Lipinski definition) is 4. The van der Waals surface area contributed by atoms with E-state index in [2.05, 4.69) is 10.4 Å². The van der Waals surface area contributed by atoms with Gasteiger partial charge in [-0.05, 0) is 24.8 Å². The van der Waals surface area contributed by atoms with Gasteiger partial charge in [0.1, 0.15) is 0 Å². The van der Waals surface area contributed by atoms with Crippen LogP contribution in [0.4, 0.5) is 0 Å². The van der Waals surface area contributed by atoms with E-state index in [1.807, 2.05) is 13.8 Å². The number of morpholine rings is 1. The highest BCUT2D eigenvalue weighted by atomic mass is 16.5. The summed E-state index contributed by atoms with van der Waals surface area (Å²) in [7, 11) is 0. The second-order valence-corrected chi connectivity index (χ2v) is 8.92. The van der Waals surface area contributed by atoms with Crippen LogP contribution in [0.2, 0.25) is 0 Å². The number of nitrogens with one attached hydrogen (secondary N) is 2. The summed E-state index contributed by atoms with van der Waals surface area (Å²) in [6.07, 6.45) is 6.17. The van der Waals surface area contributed by atoms with E-state index in [1.54, 1.807) is 17.2 Å². The molecular formula is C22H30N5O6+. The van der Waals surface area contributed by atoms with Crippen LogP contribution in [0.1, 0.15) is 42.6 Å². The summed E-state index contributed by atoms with van der Waals surface area (Å²) in [5.74, 6) is -1.19. The Hall–Kier alpha value is -3.18. The predicted octanol–water partition coefficient (Wildman–Crippen LogP) is -0.598. The molecule has 2 fully saturated rings. The first-order valence-corrected chi connectivity index (χ1v) is 11.2. The van der Waals surface area contributed by atoms with Gasteiger partial charge in [0.05, 0.1) is 44.2 Å². The summed E-state index contributed by atoms with van der Waals surface area (Å²) >= 11 is 0. The quantitative estimate of drug-likeness (QED) is 0.321. The van der Waals surface area contributed by atoms with Gasteiger partial charge in [0, 0.05) is 18.7 Å². The fourth-order valence-electron chi connectivity index (χ4n) is 3.96. The standard InChI is InChI=1S/C22H29N5O6/c1-13(2)10-26-20-14(3-6-17(29)25-7-8-33-12-16(25)11-28)9-23-27(20)22(32)18(21(26)31)19(30)24-15-4-5-15/h3,6,9,13,15-16,28H,4-5,7-8,10-12H2,1-2H3,(H2,24,30,31,32)/p+1/b6-3+/t16-/m0/s1. The first-order chi connectivity index (χ1) is 15.8. The van der Waals surface area contributed by atoms with Crippen LogP contribution in [0.5, 0.6) is 5.88 Å². The molecule has 2 aromatic rings. The van der Waals surface area contributed by atoms with Crippen molar-refractivity contribution in [2.75, 3.05) is 26.4 Å². The number of aromatic amines is 1. The minimum atomic E-state index is -0.667. The second-order valence-electron chi connectivity index (χ2n) is 8.92. The van der Waals surface area contributed by atoms with Crippen molar-refractivity contribution in [3.8, 4) is 5.88 Å². The summed E-state index contributed by atoms with van der Waals surface area (Å²) in [6.45, 7) is 5.10. The van der Waals surface area contributed by atoms with Crippen molar-refractivity contribution in [2.45, 2.75) is 45.3 Å². The van der Waals surface area contributed by atoms with E-state index in [9.17, 15) is 24.6 Å². The van der Waals surface area contributed by atoms with E-state index in [-0.39, 0.29) is 36.6 Å². The van der Waals surface area contributed by atoms with Crippen LogP contribution in [-0.4, -0.2) is 75.0 Å². The zero-order valence-corrected chi connectivity index (χ0v) is 18.8. The number of ether oxygens (including phenoxy) is 1. The highest BCUT2D eigenvalue weighted by Crippen LogP contribution is 2.21. The van der Waals surface area contributed by atoms with E-state index in [0.717, 1.165) is 12.8 Å². The van der Waals surface area contributed by atoms with Crippen molar-refractivity contribution in [3.63, 3.8) is 0 Å². The number of rotatable bonds is 7. The monoisotopic (exact) mass is 460 g/mol. The number of amides is 2. The molecule has 0 spiro atoms. The Labute approximate surface area is 190 Å². The number of fused-ring (bicyclic) bond motifs is 1. The van der Waals surface area contributed by atoms with E-state index in [4.69, 9.17) is 4.74 Å². The molecule has 2 aromatic heterocycles. The first kappa shape index (κ1) is 23.0. The molecule has 4 N–H and O–H groups in total. The molecule has 3 heterocycles. The summed E-state index contributed by atoms with van der Waals surface area (Å²) in [6, 6.07) is -0.379. The van der Waals surface area contributed by atoms with Crippen LogP contribution in [0.15, 0.2) is 17.1 Å². The molecule has 0 bridgehead atoms. The van der Waals surface area contributed by atoms with Gasteiger partial charge in [-0.1, -0.05) is 18.4 Å². The first-order valence-electron chi connectivity index (χ1n) is 11.2. The van der Waals surface area contributed by atoms with Crippen molar-refractivity contribution in [1.82, 2.24) is 19.8 Å². The maximum atomic E-state index is 13.1. The lowest BCUT2D eigenvalue weighted by atomic mass is 10.2. The van der Waals surface area contributed by atoms with Gasteiger partial charge in [0.2, 0.25) is 11.5 Å². The van der Waals surface area contributed by atoms with Crippen molar-refractivity contribution < 1.29 is 29.1 Å². The number of H-pyrrole nitrogens is 1. The lowest BCUT2D eigenvalue weighted by Gasteiger charge is -2.33. The average molecular weight is 461 g/mol. The fraction of sp³-hybridized carbons (Fsp3) is 0.545. The molecule has 4 rings (SSSR count). The molecule has 0 unspecified atom stereocenters. The average Bonchev–Trinajstić information content (AvgIpc) is 3.50. The third-order valence-corrected chi connectivity index (χ3v) is 5.79. The normalized spacial score (nSPS) is 19.0. The molecular weight excluding hydrogens is 430 g/mol. The zero-order valence-electron chi connectivity index (χ0n) is 18.8. The molecule has 33 heavy (non-hydrogen) atoms.